The van der Waals surface area contributed by atoms with Gasteiger partial charge in [-0.2, -0.15) is 0 Å². The van der Waals surface area contributed by atoms with E-state index in [9.17, 15) is 4.79 Å². The zero-order valence-electron chi connectivity index (χ0n) is 16.3. The van der Waals surface area contributed by atoms with Crippen LogP contribution in [0.25, 0.3) is 0 Å². The van der Waals surface area contributed by atoms with Crippen LogP contribution in [0.3, 0.4) is 0 Å². The van der Waals surface area contributed by atoms with Gasteiger partial charge in [-0.1, -0.05) is 111 Å². The van der Waals surface area contributed by atoms with Crippen molar-refractivity contribution in [1.82, 2.24) is 0 Å². The molecular weight excluding hydrogens is 344 g/mol. The summed E-state index contributed by atoms with van der Waals surface area (Å²) in [6.45, 7) is 7.05. The highest BCUT2D eigenvalue weighted by atomic mass is 28.3. The Bertz CT molecular complexity index is 902. The average molecular weight is 371 g/mol. The molecule has 4 rings (SSSR count). The van der Waals surface area contributed by atoms with E-state index in [2.05, 4.69) is 80.3 Å². The molecule has 0 unspecified atom stereocenters. The van der Waals surface area contributed by atoms with Gasteiger partial charge in [0, 0.05) is 16.0 Å². The Kier molecular flexibility index (Phi) is 4.19. The average Bonchev–Trinajstić information content (AvgIpc) is 3.43. The Labute approximate surface area is 163 Å². The van der Waals surface area contributed by atoms with Crippen molar-refractivity contribution in [3.8, 4) is 0 Å². The Morgan fingerprint density at radius 1 is 0.704 bits per heavy atom. The minimum absolute atomic E-state index is 0.229. The number of hydrogen-bond acceptors (Lipinski definition) is 1. The summed E-state index contributed by atoms with van der Waals surface area (Å²) in [6.07, 6.45) is 0.900. The first-order chi connectivity index (χ1) is 12.9. The third-order valence-electron chi connectivity index (χ3n) is 6.37. The third kappa shape index (κ3) is 2.54. The van der Waals surface area contributed by atoms with Crippen molar-refractivity contribution in [3.05, 3.63) is 108 Å². The molecule has 1 aliphatic rings. The van der Waals surface area contributed by atoms with Gasteiger partial charge in [-0.05, 0) is 17.5 Å². The lowest BCUT2D eigenvalue weighted by Crippen LogP contribution is -2.41. The summed E-state index contributed by atoms with van der Waals surface area (Å²) in [5.41, 5.74) is 3.15. The summed E-state index contributed by atoms with van der Waals surface area (Å²) < 4.78 is 0. The molecule has 3 aromatic rings. The van der Waals surface area contributed by atoms with Crippen molar-refractivity contribution in [2.75, 3.05) is 0 Å². The number of hydrogen-bond donors (Lipinski definition) is 0. The van der Waals surface area contributed by atoms with Gasteiger partial charge in [0.05, 0.1) is 8.07 Å². The number of rotatable bonds is 5. The van der Waals surface area contributed by atoms with E-state index in [0.717, 1.165) is 12.0 Å². The van der Waals surface area contributed by atoms with Crippen LogP contribution in [0.4, 0.5) is 0 Å². The molecule has 0 spiro atoms. The van der Waals surface area contributed by atoms with E-state index in [4.69, 9.17) is 0 Å². The van der Waals surface area contributed by atoms with Gasteiger partial charge in [-0.25, -0.2) is 0 Å². The molecule has 0 radical (unpaired) electrons. The van der Waals surface area contributed by atoms with Crippen molar-refractivity contribution in [2.24, 2.45) is 0 Å². The second-order valence-electron chi connectivity index (χ2n) is 8.66. The number of Topliss-reactive ketones (excluding diaryl/α,β-unsaturated/α-hetero) is 1. The fourth-order valence-corrected chi connectivity index (χ4v) is 8.21. The summed E-state index contributed by atoms with van der Waals surface area (Å²) in [5, 5.41) is -0.329. The van der Waals surface area contributed by atoms with Crippen LogP contribution in [0.2, 0.25) is 24.7 Å². The summed E-state index contributed by atoms with van der Waals surface area (Å²) in [6, 6.07) is 31.2. The van der Waals surface area contributed by atoms with Gasteiger partial charge in [0.25, 0.3) is 0 Å². The number of carbonyl (C=O) groups is 1. The van der Waals surface area contributed by atoms with E-state index in [1.54, 1.807) is 0 Å². The van der Waals surface area contributed by atoms with Crippen molar-refractivity contribution < 1.29 is 4.79 Å². The molecule has 2 heteroatoms. The molecule has 1 fully saturated rings. The second kappa shape index (κ2) is 6.31. The normalized spacial score (nSPS) is 20.9. The van der Waals surface area contributed by atoms with Gasteiger partial charge in [0.2, 0.25) is 0 Å². The highest BCUT2D eigenvalue weighted by Crippen LogP contribution is 2.78. The van der Waals surface area contributed by atoms with Crippen LogP contribution < -0.4 is 0 Å². The quantitative estimate of drug-likeness (QED) is 0.378. The maximum absolute atomic E-state index is 14.0. The maximum Gasteiger partial charge on any atom is 0.167 e. The molecule has 0 saturated heterocycles. The van der Waals surface area contributed by atoms with Gasteiger partial charge in [0.15, 0.2) is 5.78 Å². The standard InChI is InChI=1S/C25H26OSi/c1-27(2,3)25(23(26)20-13-7-4-8-14-20)19-24(25,21-15-9-5-10-16-21)22-17-11-6-12-18-22/h4-18H,19H2,1-3H3/t25-/m1/s1. The molecule has 1 saturated carbocycles. The second-order valence-corrected chi connectivity index (χ2v) is 14.0. The molecule has 0 aromatic heterocycles. The minimum Gasteiger partial charge on any atom is -0.294 e. The first-order valence-electron chi connectivity index (χ1n) is 9.64. The molecule has 0 N–H and O–H groups in total. The molecular formula is C25H26OSi. The number of benzene rings is 3. The van der Waals surface area contributed by atoms with Gasteiger partial charge in [-0.15, -0.1) is 0 Å². The van der Waals surface area contributed by atoms with Crippen LogP contribution in [-0.4, -0.2) is 13.9 Å². The van der Waals surface area contributed by atoms with E-state index in [0.29, 0.717) is 5.78 Å². The van der Waals surface area contributed by atoms with Crippen LogP contribution in [0.15, 0.2) is 91.0 Å². The smallest absolute Gasteiger partial charge is 0.167 e. The summed E-state index contributed by atoms with van der Waals surface area (Å²) in [5.74, 6) is 0.315. The van der Waals surface area contributed by atoms with Crippen LogP contribution in [-0.2, 0) is 5.41 Å². The Morgan fingerprint density at radius 3 is 1.52 bits per heavy atom. The lowest BCUT2D eigenvalue weighted by molar-refractivity contribution is 0.0964. The lowest BCUT2D eigenvalue weighted by atomic mass is 9.83. The lowest BCUT2D eigenvalue weighted by Gasteiger charge is -2.35. The molecule has 1 aliphatic carbocycles. The van der Waals surface area contributed by atoms with E-state index in [1.807, 2.05) is 30.3 Å². The topological polar surface area (TPSA) is 17.1 Å². The molecule has 27 heavy (non-hydrogen) atoms. The third-order valence-corrected chi connectivity index (χ3v) is 9.76. The summed E-state index contributed by atoms with van der Waals surface area (Å²) in [4.78, 5) is 14.0. The Hall–Kier alpha value is -2.45. The van der Waals surface area contributed by atoms with Crippen molar-refractivity contribution in [2.45, 2.75) is 36.5 Å². The van der Waals surface area contributed by atoms with E-state index < -0.39 is 8.07 Å². The Morgan fingerprint density at radius 2 is 1.11 bits per heavy atom. The van der Waals surface area contributed by atoms with Gasteiger partial charge in [0.1, 0.15) is 0 Å². The fourth-order valence-electron chi connectivity index (χ4n) is 5.02. The van der Waals surface area contributed by atoms with Crippen molar-refractivity contribution in [3.63, 3.8) is 0 Å². The largest absolute Gasteiger partial charge is 0.294 e. The van der Waals surface area contributed by atoms with Crippen LogP contribution in [0, 0.1) is 0 Å². The van der Waals surface area contributed by atoms with Gasteiger partial charge < -0.3 is 0 Å². The van der Waals surface area contributed by atoms with E-state index in [1.165, 1.54) is 11.1 Å². The van der Waals surface area contributed by atoms with Gasteiger partial charge >= 0.3 is 0 Å². The first kappa shape index (κ1) is 17.9. The molecule has 0 amide bonds. The predicted molar refractivity (Wildman–Crippen MR) is 115 cm³/mol. The Balaban J connectivity index is 1.97. The minimum atomic E-state index is -1.87. The highest BCUT2D eigenvalue weighted by Gasteiger charge is 2.77. The summed E-state index contributed by atoms with van der Waals surface area (Å²) >= 11 is 0. The maximum atomic E-state index is 14.0. The number of carbonyl (C=O) groups excluding carboxylic acids is 1. The SMILES string of the molecule is C[Si](C)(C)[C@@]1(C(=O)c2ccccc2)CC1(c1ccccc1)c1ccccc1. The first-order valence-corrected chi connectivity index (χ1v) is 13.1. The molecule has 1 nitrogen and oxygen atoms in total. The molecule has 1 atom stereocenters. The monoisotopic (exact) mass is 370 g/mol. The zero-order chi connectivity index (χ0) is 19.1. The van der Waals surface area contributed by atoms with Crippen LogP contribution in [0.5, 0.6) is 0 Å². The molecule has 3 aromatic carbocycles. The molecule has 0 aliphatic heterocycles. The van der Waals surface area contributed by atoms with Gasteiger partial charge in [-0.3, -0.25) is 4.79 Å². The molecule has 0 heterocycles. The molecule has 136 valence electrons. The zero-order valence-corrected chi connectivity index (χ0v) is 17.3. The highest BCUT2D eigenvalue weighted by molar-refractivity contribution is 6.84. The van der Waals surface area contributed by atoms with Crippen molar-refractivity contribution >= 4 is 13.9 Å². The van der Waals surface area contributed by atoms with E-state index >= 15 is 0 Å². The predicted octanol–water partition coefficient (Wildman–Crippen LogP) is 6.34. The number of ketones is 1. The fraction of sp³-hybridized carbons (Fsp3) is 0.240. The van der Waals surface area contributed by atoms with Crippen molar-refractivity contribution in [1.29, 1.82) is 0 Å². The van der Waals surface area contributed by atoms with E-state index in [-0.39, 0.29) is 10.5 Å². The van der Waals surface area contributed by atoms with Crippen LogP contribution >= 0.6 is 0 Å². The van der Waals surface area contributed by atoms with Crippen LogP contribution in [0.1, 0.15) is 27.9 Å². The summed E-state index contributed by atoms with van der Waals surface area (Å²) in [7, 11) is -1.87. The molecule has 0 bridgehead atoms.